The molecule has 0 bridgehead atoms. The maximum absolute atomic E-state index is 4.08. The number of benzene rings is 1. The van der Waals surface area contributed by atoms with E-state index in [2.05, 4.69) is 180 Å². The van der Waals surface area contributed by atoms with Crippen molar-refractivity contribution in [3.63, 3.8) is 0 Å². The second kappa shape index (κ2) is 18.4. The van der Waals surface area contributed by atoms with Crippen molar-refractivity contribution in [3.8, 4) is 0 Å². The van der Waals surface area contributed by atoms with Gasteiger partial charge in [0.25, 0.3) is 0 Å². The number of hydrogen-bond donors (Lipinski definition) is 1. The van der Waals surface area contributed by atoms with E-state index in [9.17, 15) is 0 Å². The van der Waals surface area contributed by atoms with Gasteiger partial charge in [-0.05, 0) is 179 Å². The van der Waals surface area contributed by atoms with Crippen molar-refractivity contribution in [2.24, 2.45) is 35.0 Å². The Hall–Kier alpha value is -5.38. The fraction of sp³-hybridized carbons (Fsp3) is 0.424. The van der Waals surface area contributed by atoms with E-state index in [1.165, 1.54) is 105 Å². The van der Waals surface area contributed by atoms with Gasteiger partial charge < -0.3 is 15.1 Å². The zero-order valence-electron chi connectivity index (χ0n) is 41.1. The van der Waals surface area contributed by atoms with E-state index >= 15 is 0 Å². The van der Waals surface area contributed by atoms with Gasteiger partial charge in [-0.2, -0.15) is 0 Å². The minimum Gasteiger partial charge on any atom is -0.338 e. The lowest BCUT2D eigenvalue weighted by molar-refractivity contribution is 0.244. The number of para-hydroxylation sites is 1. The number of nitrogens with one attached hydrogen (secondary N) is 1. The number of anilines is 1. The molecule has 69 heavy (non-hydrogen) atoms. The van der Waals surface area contributed by atoms with Gasteiger partial charge in [-0.1, -0.05) is 152 Å². The maximum Gasteiger partial charge on any atom is 0.0562 e. The molecule has 1 aromatic carbocycles. The molecule has 0 fully saturated rings. The summed E-state index contributed by atoms with van der Waals surface area (Å²) in [6.07, 6.45) is 72.1. The van der Waals surface area contributed by atoms with Crippen molar-refractivity contribution in [1.29, 1.82) is 0 Å². The lowest BCUT2D eigenvalue weighted by atomic mass is 9.58. The molecule has 9 unspecified atom stereocenters. The van der Waals surface area contributed by atoms with Gasteiger partial charge in [0.05, 0.1) is 12.1 Å². The van der Waals surface area contributed by atoms with Crippen LogP contribution in [0.15, 0.2) is 220 Å². The number of allylic oxidation sites excluding steroid dienone is 22. The van der Waals surface area contributed by atoms with Gasteiger partial charge in [-0.3, -0.25) is 0 Å². The fourth-order valence-electron chi connectivity index (χ4n) is 15.8. The highest BCUT2D eigenvalue weighted by atomic mass is 15.2. The minimum absolute atomic E-state index is 0.0197. The second-order valence-corrected chi connectivity index (χ2v) is 22.5. The Labute approximate surface area is 413 Å². The molecule has 0 radical (unpaired) electrons. The Bertz CT molecular complexity index is 2760. The van der Waals surface area contributed by atoms with Crippen LogP contribution >= 0.6 is 0 Å². The Morgan fingerprint density at radius 1 is 0.609 bits per heavy atom. The highest BCUT2D eigenvalue weighted by Crippen LogP contribution is 2.72. The first-order valence-electron chi connectivity index (χ1n) is 27.6. The van der Waals surface area contributed by atoms with Crippen molar-refractivity contribution in [3.05, 3.63) is 220 Å². The Kier molecular flexibility index (Phi) is 11.6. The number of rotatable bonds is 9. The van der Waals surface area contributed by atoms with E-state index in [4.69, 9.17) is 0 Å². The molecule has 3 nitrogen and oxygen atoms in total. The summed E-state index contributed by atoms with van der Waals surface area (Å²) in [6.45, 7) is 2.57. The second-order valence-electron chi connectivity index (χ2n) is 22.5. The van der Waals surface area contributed by atoms with Gasteiger partial charge in [0, 0.05) is 57.7 Å². The van der Waals surface area contributed by atoms with Crippen LogP contribution in [0.4, 0.5) is 5.69 Å². The molecule has 12 aliphatic rings. The summed E-state index contributed by atoms with van der Waals surface area (Å²) >= 11 is 0. The number of hydrogen-bond acceptors (Lipinski definition) is 3. The monoisotopic (exact) mass is 908 g/mol. The molecule has 10 atom stereocenters. The zero-order chi connectivity index (χ0) is 45.9. The van der Waals surface area contributed by atoms with Gasteiger partial charge >= 0.3 is 0 Å². The SMILES string of the molecule is CC1CCC2=C(C1)C1(C3=C2C(N(c2ccccc2)C2C=CC=C(C4C=CC=CC4NC4C=CCCC4)C2)=CCC3)C2=C(C=C[C@H](N(C3=CC=CCC3)C3=C4C=CCCC4CC=C3)C2)C2C=CCCC21. The molecule has 0 heterocycles. The highest BCUT2D eigenvalue weighted by molar-refractivity contribution is 5.75. The van der Waals surface area contributed by atoms with Crippen LogP contribution in [0.2, 0.25) is 0 Å². The average Bonchev–Trinajstić information content (AvgIpc) is 3.87. The Balaban J connectivity index is 0.920. The Morgan fingerprint density at radius 3 is 2.41 bits per heavy atom. The molecular formula is C66H73N3. The summed E-state index contributed by atoms with van der Waals surface area (Å²) in [5.41, 5.74) is 19.3. The lowest BCUT2D eigenvalue weighted by Crippen LogP contribution is -2.43. The van der Waals surface area contributed by atoms with Crippen molar-refractivity contribution in [1.82, 2.24) is 10.2 Å². The molecule has 1 N–H and O–H groups in total. The summed E-state index contributed by atoms with van der Waals surface area (Å²) in [6, 6.07) is 12.8. The largest absolute Gasteiger partial charge is 0.338 e. The van der Waals surface area contributed by atoms with E-state index in [1.54, 1.807) is 33.4 Å². The van der Waals surface area contributed by atoms with Crippen LogP contribution in [0.25, 0.3) is 0 Å². The highest BCUT2D eigenvalue weighted by Gasteiger charge is 2.62. The lowest BCUT2D eigenvalue weighted by Gasteiger charge is -2.47. The van der Waals surface area contributed by atoms with Crippen molar-refractivity contribution >= 4 is 5.69 Å². The van der Waals surface area contributed by atoms with Crippen LogP contribution in [-0.4, -0.2) is 29.1 Å². The van der Waals surface area contributed by atoms with E-state index in [-0.39, 0.29) is 17.5 Å². The quantitative estimate of drug-likeness (QED) is 0.249. The molecule has 352 valence electrons. The van der Waals surface area contributed by atoms with Gasteiger partial charge in [0.2, 0.25) is 0 Å². The summed E-state index contributed by atoms with van der Waals surface area (Å²) in [5.74, 6) is 2.71. The van der Waals surface area contributed by atoms with Crippen LogP contribution in [0.1, 0.15) is 116 Å². The van der Waals surface area contributed by atoms with Crippen LogP contribution in [0, 0.1) is 35.0 Å². The minimum atomic E-state index is -0.0197. The summed E-state index contributed by atoms with van der Waals surface area (Å²) in [4.78, 5) is 5.67. The average molecular weight is 908 g/mol. The zero-order valence-corrected chi connectivity index (χ0v) is 41.1. The third kappa shape index (κ3) is 7.46. The molecule has 13 rings (SSSR count). The van der Waals surface area contributed by atoms with Gasteiger partial charge in [0.1, 0.15) is 0 Å². The van der Waals surface area contributed by atoms with Crippen molar-refractivity contribution in [2.75, 3.05) is 4.90 Å². The summed E-state index contributed by atoms with van der Waals surface area (Å²) < 4.78 is 0. The molecule has 3 heteroatoms. The first kappa shape index (κ1) is 43.6. The first-order chi connectivity index (χ1) is 34.1. The fourth-order valence-corrected chi connectivity index (χ4v) is 15.8. The molecule has 0 saturated carbocycles. The molecular weight excluding hydrogens is 835 g/mol. The summed E-state index contributed by atoms with van der Waals surface area (Å²) in [7, 11) is 0. The van der Waals surface area contributed by atoms with E-state index < -0.39 is 0 Å². The van der Waals surface area contributed by atoms with Gasteiger partial charge in [-0.25, -0.2) is 0 Å². The van der Waals surface area contributed by atoms with E-state index in [0.29, 0.717) is 41.7 Å². The van der Waals surface area contributed by atoms with Crippen LogP contribution in [0.3, 0.4) is 0 Å². The number of fused-ring (bicyclic) bond motifs is 8. The maximum atomic E-state index is 4.08. The molecule has 0 saturated heterocycles. The predicted octanol–water partition coefficient (Wildman–Crippen LogP) is 15.6. The summed E-state index contributed by atoms with van der Waals surface area (Å²) in [5, 5.41) is 4.08. The normalized spacial score (nSPS) is 35.0. The molecule has 0 aromatic heterocycles. The van der Waals surface area contributed by atoms with Gasteiger partial charge in [-0.15, -0.1) is 0 Å². The predicted molar refractivity (Wildman–Crippen MR) is 288 cm³/mol. The third-order valence-electron chi connectivity index (χ3n) is 18.7. The van der Waals surface area contributed by atoms with Crippen molar-refractivity contribution < 1.29 is 0 Å². The topological polar surface area (TPSA) is 18.5 Å². The Morgan fingerprint density at radius 2 is 1.51 bits per heavy atom. The van der Waals surface area contributed by atoms with Gasteiger partial charge in [0.15, 0.2) is 0 Å². The van der Waals surface area contributed by atoms with E-state index in [0.717, 1.165) is 32.1 Å². The standard InChI is InChI=1S/C66H73N3/c1-45-38-40-57-60(42-45)66(58-33-15-13-32-55(58)56-41-39-52(44-61(56)66)68(49-25-7-3-8-26-49)63-36-18-21-46-20-11-12-31-54(46)63)59-34-19-37-64(65(57)59)69(50-27-9-4-10-28-50)51-29-17-22-47(43-51)53-30-14-16-35-62(53)67-48-23-5-2-6-24-48/h3-5,7,9-10,12-14,16-18,22-23,25,27-32,35-37,39,41,45-46,48,51-53,55,58,62,67H,2,6,8,11,15,19-21,24,26,33-34,38,40,42-44H2,1H3/t45?,46?,48?,51?,52-,53?,55?,58?,62?,66?/m0/s1. The molecule has 12 aliphatic carbocycles. The van der Waals surface area contributed by atoms with E-state index in [1.807, 2.05) is 5.57 Å². The first-order valence-corrected chi connectivity index (χ1v) is 27.6. The van der Waals surface area contributed by atoms with Crippen LogP contribution in [-0.2, 0) is 0 Å². The molecule has 0 aliphatic heterocycles. The van der Waals surface area contributed by atoms with Crippen LogP contribution < -0.4 is 10.2 Å². The molecule has 1 spiro atoms. The van der Waals surface area contributed by atoms with Crippen LogP contribution in [0.5, 0.6) is 0 Å². The smallest absolute Gasteiger partial charge is 0.0562 e. The third-order valence-corrected chi connectivity index (χ3v) is 18.7. The number of nitrogens with zero attached hydrogens (tertiary/aromatic N) is 2. The molecule has 1 aromatic rings. The van der Waals surface area contributed by atoms with Crippen molar-refractivity contribution in [2.45, 2.75) is 140 Å². The molecule has 0 amide bonds.